The number of hydrogen-bond acceptors (Lipinski definition) is 7. The van der Waals surface area contributed by atoms with Gasteiger partial charge in [0.15, 0.2) is 22.1 Å². The van der Waals surface area contributed by atoms with Crippen LogP contribution in [-0.2, 0) is 11.3 Å². The fraction of sp³-hybridized carbons (Fsp3) is 0.348. The molecule has 0 radical (unpaired) electrons. The first-order valence-corrected chi connectivity index (χ1v) is 12.9. The van der Waals surface area contributed by atoms with Gasteiger partial charge in [-0.25, -0.2) is 0 Å². The highest BCUT2D eigenvalue weighted by Gasteiger charge is 2.20. The molecule has 4 aromatic rings. The van der Waals surface area contributed by atoms with Crippen molar-refractivity contribution in [3.63, 3.8) is 0 Å². The van der Waals surface area contributed by atoms with Crippen molar-refractivity contribution >= 4 is 35.5 Å². The molecule has 0 saturated carbocycles. The number of nitrogens with zero attached hydrogens (tertiary/aromatic N) is 5. The zero-order valence-electron chi connectivity index (χ0n) is 19.1. The highest BCUT2D eigenvalue weighted by molar-refractivity contribution is 7.98. The summed E-state index contributed by atoms with van der Waals surface area (Å²) in [6.07, 6.45) is 4.97. The summed E-state index contributed by atoms with van der Waals surface area (Å²) < 4.78 is 9.74. The van der Waals surface area contributed by atoms with E-state index >= 15 is 0 Å². The number of pyridine rings is 1. The number of benzene rings is 1. The van der Waals surface area contributed by atoms with Crippen LogP contribution in [0.4, 0.5) is 0 Å². The zero-order valence-corrected chi connectivity index (χ0v) is 20.7. The molecule has 178 valence electrons. The Kier molecular flexibility index (Phi) is 7.96. The number of aromatic nitrogens is 6. The van der Waals surface area contributed by atoms with E-state index in [2.05, 4.69) is 25.7 Å². The molecule has 0 saturated heterocycles. The second kappa shape index (κ2) is 11.3. The van der Waals surface area contributed by atoms with Crippen LogP contribution < -0.4 is 10.1 Å². The first-order chi connectivity index (χ1) is 16.6. The molecule has 0 aliphatic rings. The molecular weight excluding hydrogens is 470 g/mol. The number of ether oxygens (including phenoxy) is 1. The van der Waals surface area contributed by atoms with E-state index in [9.17, 15) is 4.79 Å². The van der Waals surface area contributed by atoms with Gasteiger partial charge in [0.05, 0.1) is 12.6 Å². The molecule has 3 aromatic heterocycles. The number of fused-ring (bicyclic) bond motifs is 1. The fourth-order valence-corrected chi connectivity index (χ4v) is 4.39. The van der Waals surface area contributed by atoms with E-state index in [-0.39, 0.29) is 18.4 Å². The van der Waals surface area contributed by atoms with Crippen molar-refractivity contribution in [3.8, 4) is 17.1 Å². The molecule has 0 bridgehead atoms. The van der Waals surface area contributed by atoms with Gasteiger partial charge in [0.2, 0.25) is 5.91 Å². The van der Waals surface area contributed by atoms with E-state index in [1.807, 2.05) is 70.8 Å². The maximum absolute atomic E-state index is 12.9. The molecule has 2 N–H and O–H groups in total. The molecule has 4 rings (SSSR count). The third-order valence-electron chi connectivity index (χ3n) is 5.34. The lowest BCUT2D eigenvalue weighted by Gasteiger charge is -2.17. The minimum atomic E-state index is -0.236. The maximum atomic E-state index is 12.9. The summed E-state index contributed by atoms with van der Waals surface area (Å²) in [5, 5.41) is 18.9. The van der Waals surface area contributed by atoms with Gasteiger partial charge in [0.25, 0.3) is 0 Å². The third-order valence-corrected chi connectivity index (χ3v) is 6.30. The minimum absolute atomic E-state index is 0.0838. The molecule has 1 atom stereocenters. The Hall–Kier alpha value is -3.18. The van der Waals surface area contributed by atoms with Crippen molar-refractivity contribution in [2.75, 3.05) is 18.6 Å². The topological polar surface area (TPSA) is 102 Å². The lowest BCUT2D eigenvalue weighted by molar-refractivity contribution is -0.122. The predicted molar refractivity (Wildman–Crippen MR) is 136 cm³/mol. The molecule has 1 aromatic carbocycles. The highest BCUT2D eigenvalue weighted by atomic mass is 32.2. The number of hydrogen-bond donors (Lipinski definition) is 2. The van der Waals surface area contributed by atoms with E-state index < -0.39 is 0 Å². The van der Waals surface area contributed by atoms with Gasteiger partial charge in [-0.1, -0.05) is 6.07 Å². The molecule has 0 spiro atoms. The number of rotatable bonds is 11. The van der Waals surface area contributed by atoms with Gasteiger partial charge in [-0.3, -0.25) is 18.9 Å². The Balaban J connectivity index is 1.46. The van der Waals surface area contributed by atoms with Gasteiger partial charge in [-0.05, 0) is 74.0 Å². The van der Waals surface area contributed by atoms with Crippen LogP contribution in [0, 0.1) is 4.77 Å². The lowest BCUT2D eigenvalue weighted by atomic mass is 10.2. The summed E-state index contributed by atoms with van der Waals surface area (Å²) in [4.78, 5) is 12.9. The average molecular weight is 498 g/mol. The molecule has 11 heteroatoms. The molecule has 1 amide bonds. The lowest BCUT2D eigenvalue weighted by Crippen LogP contribution is -2.31. The molecule has 0 fully saturated rings. The Morgan fingerprint density at radius 3 is 2.82 bits per heavy atom. The second-order valence-corrected chi connectivity index (χ2v) is 8.97. The predicted octanol–water partition coefficient (Wildman–Crippen LogP) is 4.05. The largest absolute Gasteiger partial charge is 0.494 e. The van der Waals surface area contributed by atoms with Crippen molar-refractivity contribution in [3.05, 3.63) is 59.3 Å². The van der Waals surface area contributed by atoms with Crippen LogP contribution >= 0.6 is 24.0 Å². The van der Waals surface area contributed by atoms with Gasteiger partial charge in [-0.15, -0.1) is 10.2 Å². The van der Waals surface area contributed by atoms with Crippen LogP contribution in [0.5, 0.6) is 5.75 Å². The molecule has 9 nitrogen and oxygen atoms in total. The third kappa shape index (κ3) is 5.48. The van der Waals surface area contributed by atoms with Crippen molar-refractivity contribution in [1.29, 1.82) is 0 Å². The second-order valence-electron chi connectivity index (χ2n) is 7.60. The smallest absolute Gasteiger partial charge is 0.222 e. The SMILES string of the molecule is CCOc1ccc(-c2n[nH]c(=S)n2CCC(=O)NC(CCSC)c2nnc3ccccn23)cc1. The van der Waals surface area contributed by atoms with Crippen LogP contribution in [0.1, 0.15) is 31.6 Å². The van der Waals surface area contributed by atoms with Crippen LogP contribution in [0.2, 0.25) is 0 Å². The summed E-state index contributed by atoms with van der Waals surface area (Å²) in [6.45, 7) is 2.95. The Morgan fingerprint density at radius 1 is 1.24 bits per heavy atom. The molecular formula is C23H27N7O2S2. The first kappa shape index (κ1) is 24.0. The van der Waals surface area contributed by atoms with Crippen LogP contribution in [0.25, 0.3) is 17.0 Å². The quantitative estimate of drug-likeness (QED) is 0.301. The normalized spacial score (nSPS) is 12.1. The summed E-state index contributed by atoms with van der Waals surface area (Å²) in [5.74, 6) is 3.01. The van der Waals surface area contributed by atoms with Crippen LogP contribution in [0.3, 0.4) is 0 Å². The average Bonchev–Trinajstić information content (AvgIpc) is 3.44. The van der Waals surface area contributed by atoms with Crippen molar-refractivity contribution in [1.82, 2.24) is 34.7 Å². The molecule has 0 aliphatic heterocycles. The summed E-state index contributed by atoms with van der Waals surface area (Å²) in [6, 6.07) is 13.2. The Morgan fingerprint density at radius 2 is 2.06 bits per heavy atom. The maximum Gasteiger partial charge on any atom is 0.222 e. The molecule has 0 aliphatic carbocycles. The number of thioether (sulfide) groups is 1. The van der Waals surface area contributed by atoms with Gasteiger partial charge < -0.3 is 10.1 Å². The van der Waals surface area contributed by atoms with Crippen LogP contribution in [0.15, 0.2) is 48.7 Å². The summed E-state index contributed by atoms with van der Waals surface area (Å²) >= 11 is 7.15. The van der Waals surface area contributed by atoms with Crippen molar-refractivity contribution in [2.45, 2.75) is 32.4 Å². The number of carbonyl (C=O) groups excluding carboxylic acids is 1. The standard InChI is InChI=1S/C23H27N7O2S2/c1-3-32-17-9-7-16(8-10-17)21-26-28-23(33)30(21)14-11-20(31)24-18(12-15-34-2)22-27-25-19-6-4-5-13-29(19)22/h4-10,13,18H,3,11-12,14-15H2,1-2H3,(H,24,31)(H,28,33). The number of H-pyrrole nitrogens is 1. The first-order valence-electron chi connectivity index (χ1n) is 11.1. The van der Waals surface area contributed by atoms with E-state index in [4.69, 9.17) is 17.0 Å². The van der Waals surface area contributed by atoms with E-state index in [1.54, 1.807) is 11.8 Å². The number of carbonyl (C=O) groups is 1. The van der Waals surface area contributed by atoms with E-state index in [0.717, 1.165) is 35.0 Å². The van der Waals surface area contributed by atoms with E-state index in [0.29, 0.717) is 23.7 Å². The van der Waals surface area contributed by atoms with Crippen molar-refractivity contribution < 1.29 is 9.53 Å². The zero-order chi connectivity index (χ0) is 23.9. The van der Waals surface area contributed by atoms with Crippen LogP contribution in [-0.4, -0.2) is 53.9 Å². The van der Waals surface area contributed by atoms with Gasteiger partial charge >= 0.3 is 0 Å². The fourth-order valence-electron chi connectivity index (χ4n) is 3.69. The molecule has 34 heavy (non-hydrogen) atoms. The monoisotopic (exact) mass is 497 g/mol. The molecule has 3 heterocycles. The number of aromatic amines is 1. The van der Waals surface area contributed by atoms with Gasteiger partial charge in [-0.2, -0.15) is 16.9 Å². The number of amides is 1. The summed E-state index contributed by atoms with van der Waals surface area (Å²) in [7, 11) is 0. The van der Waals surface area contributed by atoms with Gasteiger partial charge in [0, 0.05) is 24.7 Å². The minimum Gasteiger partial charge on any atom is -0.494 e. The summed E-state index contributed by atoms with van der Waals surface area (Å²) in [5.41, 5.74) is 1.65. The van der Waals surface area contributed by atoms with E-state index in [1.165, 1.54) is 0 Å². The van der Waals surface area contributed by atoms with Crippen molar-refractivity contribution in [2.24, 2.45) is 0 Å². The Labute approximate surface area is 206 Å². The molecule has 1 unspecified atom stereocenters. The van der Waals surface area contributed by atoms with Gasteiger partial charge in [0.1, 0.15) is 5.75 Å². The Bertz CT molecular complexity index is 1300. The highest BCUT2D eigenvalue weighted by Crippen LogP contribution is 2.22. The number of nitrogens with one attached hydrogen (secondary N) is 2.